The van der Waals surface area contributed by atoms with Gasteiger partial charge in [0.05, 0.1) is 25.0 Å². The number of nitrogens with zero attached hydrogens (tertiary/aromatic N) is 4. The quantitative estimate of drug-likeness (QED) is 0.431. The number of nitrogens with two attached hydrogens (primary N) is 2. The number of nitrogen functional groups attached to an aromatic ring is 2. The van der Waals surface area contributed by atoms with Gasteiger partial charge in [0.25, 0.3) is 0 Å². The van der Waals surface area contributed by atoms with Crippen LogP contribution in [0.2, 0.25) is 0 Å². The molecule has 2 aromatic heterocycles. The van der Waals surface area contributed by atoms with Crippen LogP contribution in [0.15, 0.2) is 34.1 Å². The van der Waals surface area contributed by atoms with E-state index in [4.69, 9.17) is 30.4 Å². The summed E-state index contributed by atoms with van der Waals surface area (Å²) in [6, 6.07) is 3.01. The van der Waals surface area contributed by atoms with E-state index in [0.717, 1.165) is 0 Å². The van der Waals surface area contributed by atoms with Gasteiger partial charge in [0.2, 0.25) is 0 Å². The summed E-state index contributed by atoms with van der Waals surface area (Å²) in [5, 5.41) is 0. The Hall–Kier alpha value is -3.78. The molecule has 0 aliphatic carbocycles. The summed E-state index contributed by atoms with van der Waals surface area (Å²) in [4.78, 5) is 55.2. The fourth-order valence-corrected chi connectivity index (χ4v) is 4.04. The minimum atomic E-state index is -0.558. The van der Waals surface area contributed by atoms with E-state index in [1.165, 1.54) is 33.7 Å². The SMILES string of the molecule is Nc1ccn(C2CCC(COC(=O)CCC(=O)OCC3CCC(n4ccc(N)nc4=O)O3)O2)c(=O)n1. The van der Waals surface area contributed by atoms with Crippen molar-refractivity contribution in [3.8, 4) is 0 Å². The highest BCUT2D eigenvalue weighted by molar-refractivity contribution is 5.77. The smallest absolute Gasteiger partial charge is 0.351 e. The Morgan fingerprint density at radius 3 is 1.61 bits per heavy atom. The highest BCUT2D eigenvalue weighted by atomic mass is 16.6. The van der Waals surface area contributed by atoms with Crippen molar-refractivity contribution in [2.45, 2.75) is 63.2 Å². The molecule has 0 amide bonds. The van der Waals surface area contributed by atoms with Crippen molar-refractivity contribution in [1.29, 1.82) is 0 Å². The summed E-state index contributed by atoms with van der Waals surface area (Å²) in [5.74, 6) is -0.855. The molecule has 0 spiro atoms. The van der Waals surface area contributed by atoms with Crippen LogP contribution in [0.1, 0.15) is 51.0 Å². The molecule has 4 rings (SSSR count). The third-order valence-corrected chi connectivity index (χ3v) is 5.89. The predicted molar refractivity (Wildman–Crippen MR) is 123 cm³/mol. The number of esters is 2. The average Bonchev–Trinajstić information content (AvgIpc) is 3.50. The van der Waals surface area contributed by atoms with Gasteiger partial charge in [0.1, 0.15) is 37.3 Å². The van der Waals surface area contributed by atoms with E-state index >= 15 is 0 Å². The first-order valence-corrected chi connectivity index (χ1v) is 11.6. The third-order valence-electron chi connectivity index (χ3n) is 5.89. The van der Waals surface area contributed by atoms with Crippen molar-refractivity contribution in [1.82, 2.24) is 19.1 Å². The summed E-state index contributed by atoms with van der Waals surface area (Å²) < 4.78 is 24.6. The molecule has 14 heteroatoms. The van der Waals surface area contributed by atoms with Crippen LogP contribution in [0.4, 0.5) is 11.6 Å². The topological polar surface area (TPSA) is 193 Å². The minimum absolute atomic E-state index is 0.0121. The van der Waals surface area contributed by atoms with Gasteiger partial charge in [-0.05, 0) is 37.8 Å². The van der Waals surface area contributed by atoms with E-state index in [2.05, 4.69) is 9.97 Å². The molecule has 194 valence electrons. The van der Waals surface area contributed by atoms with Crippen LogP contribution in [-0.2, 0) is 28.5 Å². The lowest BCUT2D eigenvalue weighted by molar-refractivity contribution is -0.155. The number of anilines is 2. The Bertz CT molecular complexity index is 1120. The summed E-state index contributed by atoms with van der Waals surface area (Å²) in [7, 11) is 0. The molecular weight excluding hydrogens is 476 g/mol. The summed E-state index contributed by atoms with van der Waals surface area (Å²) >= 11 is 0. The first kappa shape index (κ1) is 25.3. The second kappa shape index (κ2) is 11.3. The van der Waals surface area contributed by atoms with Gasteiger partial charge in [-0.3, -0.25) is 18.7 Å². The number of ether oxygens (including phenoxy) is 4. The van der Waals surface area contributed by atoms with E-state index in [1.807, 2.05) is 0 Å². The predicted octanol–water partition coefficient (Wildman–Crippen LogP) is -0.114. The summed E-state index contributed by atoms with van der Waals surface area (Å²) in [5.41, 5.74) is 9.97. The number of carbonyl (C=O) groups excluding carboxylic acids is 2. The standard InChI is InChI=1S/C22H28N6O8/c23-15-7-9-27(21(31)25-15)17-3-1-13(35-17)11-33-19(29)5-6-20(30)34-12-14-2-4-18(36-14)28-10-8-16(24)26-22(28)32/h7-10,13-14,17-18H,1-6,11-12H2,(H2,23,25,31)(H2,24,26,32). The van der Waals surface area contributed by atoms with Gasteiger partial charge in [0.15, 0.2) is 0 Å². The third kappa shape index (κ3) is 6.46. The molecule has 0 aromatic carbocycles. The van der Waals surface area contributed by atoms with Gasteiger partial charge < -0.3 is 30.4 Å². The molecule has 4 atom stereocenters. The Morgan fingerprint density at radius 2 is 1.22 bits per heavy atom. The van der Waals surface area contributed by atoms with Crippen LogP contribution in [0.3, 0.4) is 0 Å². The second-order valence-corrected chi connectivity index (χ2v) is 8.53. The average molecular weight is 505 g/mol. The molecule has 36 heavy (non-hydrogen) atoms. The lowest BCUT2D eigenvalue weighted by Crippen LogP contribution is -2.28. The number of aromatic nitrogens is 4. The zero-order valence-corrected chi connectivity index (χ0v) is 19.5. The zero-order valence-electron chi connectivity index (χ0n) is 19.5. The number of hydrogen-bond acceptors (Lipinski definition) is 12. The molecule has 2 aliphatic rings. The normalized spacial score (nSPS) is 23.4. The van der Waals surface area contributed by atoms with Crippen LogP contribution >= 0.6 is 0 Å². The van der Waals surface area contributed by atoms with Gasteiger partial charge in [-0.25, -0.2) is 9.59 Å². The number of rotatable bonds is 9. The maximum Gasteiger partial charge on any atom is 0.351 e. The lowest BCUT2D eigenvalue weighted by atomic mass is 10.2. The zero-order chi connectivity index (χ0) is 25.7. The maximum atomic E-state index is 12.0. The Morgan fingerprint density at radius 1 is 0.806 bits per heavy atom. The first-order valence-electron chi connectivity index (χ1n) is 11.6. The van der Waals surface area contributed by atoms with Crippen LogP contribution in [0.5, 0.6) is 0 Å². The fraction of sp³-hybridized carbons (Fsp3) is 0.545. The van der Waals surface area contributed by atoms with E-state index in [-0.39, 0.29) is 49.9 Å². The summed E-state index contributed by atoms with van der Waals surface area (Å²) in [6.45, 7) is 0.0242. The van der Waals surface area contributed by atoms with Gasteiger partial charge >= 0.3 is 23.3 Å². The van der Waals surface area contributed by atoms with Crippen molar-refractivity contribution in [3.63, 3.8) is 0 Å². The molecule has 2 aromatic rings. The van der Waals surface area contributed by atoms with Crippen LogP contribution in [0, 0.1) is 0 Å². The molecule has 2 saturated heterocycles. The van der Waals surface area contributed by atoms with Crippen LogP contribution in [0.25, 0.3) is 0 Å². The second-order valence-electron chi connectivity index (χ2n) is 8.53. The van der Waals surface area contributed by atoms with Crippen molar-refractivity contribution in [3.05, 3.63) is 45.5 Å². The van der Waals surface area contributed by atoms with Gasteiger partial charge in [-0.15, -0.1) is 0 Å². The van der Waals surface area contributed by atoms with E-state index in [9.17, 15) is 19.2 Å². The van der Waals surface area contributed by atoms with Crippen molar-refractivity contribution < 1.29 is 28.5 Å². The van der Waals surface area contributed by atoms with Crippen molar-refractivity contribution in [2.24, 2.45) is 0 Å². The van der Waals surface area contributed by atoms with Crippen LogP contribution in [-0.4, -0.2) is 56.5 Å². The first-order chi connectivity index (χ1) is 17.3. The molecule has 0 bridgehead atoms. The minimum Gasteiger partial charge on any atom is -0.463 e. The molecular formula is C22H28N6O8. The highest BCUT2D eigenvalue weighted by Crippen LogP contribution is 2.28. The molecule has 4 N–H and O–H groups in total. The van der Waals surface area contributed by atoms with Gasteiger partial charge in [-0.2, -0.15) is 9.97 Å². The molecule has 0 saturated carbocycles. The van der Waals surface area contributed by atoms with E-state index in [0.29, 0.717) is 25.7 Å². The molecule has 4 unspecified atom stereocenters. The van der Waals surface area contributed by atoms with E-state index < -0.39 is 35.8 Å². The monoisotopic (exact) mass is 504 g/mol. The molecule has 4 heterocycles. The van der Waals surface area contributed by atoms with Crippen molar-refractivity contribution >= 4 is 23.6 Å². The largest absolute Gasteiger partial charge is 0.463 e. The lowest BCUT2D eigenvalue weighted by Gasteiger charge is -2.16. The summed E-state index contributed by atoms with van der Waals surface area (Å²) in [6.07, 6.45) is 3.32. The van der Waals surface area contributed by atoms with Crippen LogP contribution < -0.4 is 22.8 Å². The van der Waals surface area contributed by atoms with Gasteiger partial charge in [0, 0.05) is 12.4 Å². The number of carbonyl (C=O) groups is 2. The van der Waals surface area contributed by atoms with Gasteiger partial charge in [-0.1, -0.05) is 0 Å². The highest BCUT2D eigenvalue weighted by Gasteiger charge is 2.30. The maximum absolute atomic E-state index is 12.0. The van der Waals surface area contributed by atoms with Crippen molar-refractivity contribution in [2.75, 3.05) is 24.7 Å². The molecule has 2 aliphatic heterocycles. The Balaban J connectivity index is 1.11. The molecule has 2 fully saturated rings. The Kier molecular flexibility index (Phi) is 7.95. The molecule has 0 radical (unpaired) electrons. The van der Waals surface area contributed by atoms with E-state index in [1.54, 1.807) is 0 Å². The Labute approximate surface area is 205 Å². The molecule has 14 nitrogen and oxygen atoms in total. The fourth-order valence-electron chi connectivity index (χ4n) is 4.04. The number of hydrogen-bond donors (Lipinski definition) is 2.